The molecule has 0 fully saturated rings. The summed E-state index contributed by atoms with van der Waals surface area (Å²) >= 11 is 3.09. The highest BCUT2D eigenvalue weighted by Crippen LogP contribution is 2.13. The fourth-order valence-electron chi connectivity index (χ4n) is 1.64. The Balaban J connectivity index is 1.61. The lowest BCUT2D eigenvalue weighted by atomic mass is 10.3. The highest BCUT2D eigenvalue weighted by molar-refractivity contribution is 9.10. The predicted octanol–water partition coefficient (Wildman–Crippen LogP) is 2.11. The molecule has 0 unspecified atom stereocenters. The van der Waals surface area contributed by atoms with Crippen molar-refractivity contribution in [3.8, 4) is 5.75 Å². The fourth-order valence-corrected chi connectivity index (χ4v) is 1.94. The SMILES string of the molecule is O=C(CNC(=O)c1ccc(Br)o1)NCCOc1ccc(F)cc1. The van der Waals surface area contributed by atoms with Gasteiger partial charge >= 0.3 is 0 Å². The van der Waals surface area contributed by atoms with Crippen molar-refractivity contribution < 1.29 is 23.1 Å². The molecule has 23 heavy (non-hydrogen) atoms. The van der Waals surface area contributed by atoms with Crippen molar-refractivity contribution >= 4 is 27.7 Å². The van der Waals surface area contributed by atoms with Gasteiger partial charge in [0.15, 0.2) is 10.4 Å². The lowest BCUT2D eigenvalue weighted by Gasteiger charge is -2.08. The molecule has 2 N–H and O–H groups in total. The van der Waals surface area contributed by atoms with Crippen LogP contribution in [0.1, 0.15) is 10.6 Å². The van der Waals surface area contributed by atoms with Crippen molar-refractivity contribution in [2.75, 3.05) is 19.7 Å². The summed E-state index contributed by atoms with van der Waals surface area (Å²) in [6.07, 6.45) is 0. The molecule has 0 atom stereocenters. The molecule has 0 aliphatic rings. The Morgan fingerprint density at radius 2 is 1.87 bits per heavy atom. The summed E-state index contributed by atoms with van der Waals surface area (Å²) in [5.74, 6) is -0.549. The fraction of sp³-hybridized carbons (Fsp3) is 0.200. The number of benzene rings is 1. The number of halogens is 2. The summed E-state index contributed by atoms with van der Waals surface area (Å²) in [6.45, 7) is 0.322. The van der Waals surface area contributed by atoms with Gasteiger partial charge in [0.1, 0.15) is 18.2 Å². The number of carbonyl (C=O) groups excluding carboxylic acids is 2. The van der Waals surface area contributed by atoms with Crippen molar-refractivity contribution in [3.05, 3.63) is 52.6 Å². The minimum atomic E-state index is -0.478. The normalized spacial score (nSPS) is 10.2. The minimum absolute atomic E-state index is 0.115. The molecule has 6 nitrogen and oxygen atoms in total. The minimum Gasteiger partial charge on any atom is -0.492 e. The Kier molecular flexibility index (Phi) is 6.16. The standard InChI is InChI=1S/C15H14BrFN2O4/c16-13-6-5-12(23-13)15(21)19-9-14(20)18-7-8-22-11-3-1-10(17)2-4-11/h1-6H,7-9H2,(H,18,20)(H,19,21). The first kappa shape index (κ1) is 17.0. The second kappa shape index (κ2) is 8.33. The van der Waals surface area contributed by atoms with E-state index in [4.69, 9.17) is 9.15 Å². The van der Waals surface area contributed by atoms with Crippen LogP contribution in [0.2, 0.25) is 0 Å². The molecule has 0 aliphatic heterocycles. The molecular formula is C15H14BrFN2O4. The van der Waals surface area contributed by atoms with Crippen LogP contribution in [0.3, 0.4) is 0 Å². The molecule has 1 aromatic heterocycles. The van der Waals surface area contributed by atoms with Gasteiger partial charge in [0, 0.05) is 0 Å². The van der Waals surface area contributed by atoms with E-state index in [1.165, 1.54) is 30.3 Å². The van der Waals surface area contributed by atoms with Crippen LogP contribution in [0.4, 0.5) is 4.39 Å². The molecule has 122 valence electrons. The van der Waals surface area contributed by atoms with Gasteiger partial charge in [-0.1, -0.05) is 0 Å². The molecule has 0 bridgehead atoms. The van der Waals surface area contributed by atoms with Crippen molar-refractivity contribution in [2.45, 2.75) is 0 Å². The predicted molar refractivity (Wildman–Crippen MR) is 83.6 cm³/mol. The third-order valence-electron chi connectivity index (χ3n) is 2.71. The number of furan rings is 1. The molecule has 0 radical (unpaired) electrons. The van der Waals surface area contributed by atoms with Gasteiger partial charge in [-0.2, -0.15) is 0 Å². The Morgan fingerprint density at radius 1 is 1.13 bits per heavy atom. The van der Waals surface area contributed by atoms with E-state index in [1.54, 1.807) is 6.07 Å². The van der Waals surface area contributed by atoms with Gasteiger partial charge in [-0.05, 0) is 52.3 Å². The molecule has 1 heterocycles. The summed E-state index contributed by atoms with van der Waals surface area (Å²) in [5, 5.41) is 5.01. The van der Waals surface area contributed by atoms with Crippen LogP contribution in [-0.2, 0) is 4.79 Å². The molecular weight excluding hydrogens is 371 g/mol. The van der Waals surface area contributed by atoms with E-state index in [-0.39, 0.29) is 37.2 Å². The van der Waals surface area contributed by atoms with Gasteiger partial charge in [0.25, 0.3) is 5.91 Å². The maximum Gasteiger partial charge on any atom is 0.287 e. The number of carbonyl (C=O) groups is 2. The van der Waals surface area contributed by atoms with Crippen LogP contribution >= 0.6 is 15.9 Å². The zero-order chi connectivity index (χ0) is 16.7. The molecule has 0 spiro atoms. The summed E-state index contributed by atoms with van der Waals surface area (Å²) in [6, 6.07) is 8.65. The number of nitrogens with one attached hydrogen (secondary N) is 2. The van der Waals surface area contributed by atoms with E-state index in [0.29, 0.717) is 10.4 Å². The van der Waals surface area contributed by atoms with Crippen LogP contribution in [0.5, 0.6) is 5.75 Å². The average molecular weight is 385 g/mol. The zero-order valence-electron chi connectivity index (χ0n) is 12.0. The third kappa shape index (κ3) is 5.74. The summed E-state index contributed by atoms with van der Waals surface area (Å²) in [7, 11) is 0. The van der Waals surface area contributed by atoms with Crippen molar-refractivity contribution in [1.29, 1.82) is 0 Å². The maximum atomic E-state index is 12.7. The molecule has 8 heteroatoms. The van der Waals surface area contributed by atoms with Gasteiger partial charge in [-0.3, -0.25) is 9.59 Å². The van der Waals surface area contributed by atoms with Crippen LogP contribution in [0, 0.1) is 5.82 Å². The van der Waals surface area contributed by atoms with Crippen LogP contribution in [-0.4, -0.2) is 31.5 Å². The Morgan fingerprint density at radius 3 is 2.52 bits per heavy atom. The topological polar surface area (TPSA) is 80.6 Å². The quantitative estimate of drug-likeness (QED) is 0.716. The highest BCUT2D eigenvalue weighted by Gasteiger charge is 2.11. The molecule has 0 saturated heterocycles. The Labute approximate surface area is 140 Å². The smallest absolute Gasteiger partial charge is 0.287 e. The second-order valence-corrected chi connectivity index (χ2v) is 5.22. The summed E-state index contributed by atoms with van der Waals surface area (Å²) in [5.41, 5.74) is 0. The Hall–Kier alpha value is -2.35. The van der Waals surface area contributed by atoms with E-state index < -0.39 is 5.91 Å². The first-order chi connectivity index (χ1) is 11.0. The number of hydrogen-bond acceptors (Lipinski definition) is 4. The molecule has 2 rings (SSSR count). The van der Waals surface area contributed by atoms with Crippen LogP contribution in [0.15, 0.2) is 45.5 Å². The number of ether oxygens (including phenoxy) is 1. The van der Waals surface area contributed by atoms with Crippen LogP contribution < -0.4 is 15.4 Å². The van der Waals surface area contributed by atoms with E-state index in [0.717, 1.165) is 0 Å². The van der Waals surface area contributed by atoms with Gasteiger partial charge in [0.05, 0.1) is 13.1 Å². The van der Waals surface area contributed by atoms with E-state index in [2.05, 4.69) is 26.6 Å². The van der Waals surface area contributed by atoms with E-state index in [9.17, 15) is 14.0 Å². The third-order valence-corrected chi connectivity index (χ3v) is 3.14. The lowest BCUT2D eigenvalue weighted by molar-refractivity contribution is -0.120. The zero-order valence-corrected chi connectivity index (χ0v) is 13.6. The molecule has 0 aliphatic carbocycles. The maximum absolute atomic E-state index is 12.7. The first-order valence-electron chi connectivity index (χ1n) is 6.73. The van der Waals surface area contributed by atoms with Gasteiger partial charge < -0.3 is 19.8 Å². The monoisotopic (exact) mass is 384 g/mol. The first-order valence-corrected chi connectivity index (χ1v) is 7.52. The van der Waals surface area contributed by atoms with Crippen molar-refractivity contribution in [2.24, 2.45) is 0 Å². The van der Waals surface area contributed by atoms with Gasteiger partial charge in [-0.25, -0.2) is 4.39 Å². The van der Waals surface area contributed by atoms with Gasteiger partial charge in [-0.15, -0.1) is 0 Å². The average Bonchev–Trinajstić information content (AvgIpc) is 2.97. The number of rotatable bonds is 7. The molecule has 2 amide bonds. The molecule has 2 aromatic rings. The van der Waals surface area contributed by atoms with Gasteiger partial charge in [0.2, 0.25) is 5.91 Å². The van der Waals surface area contributed by atoms with Crippen molar-refractivity contribution in [1.82, 2.24) is 10.6 Å². The summed E-state index contributed by atoms with van der Waals surface area (Å²) in [4.78, 5) is 23.2. The lowest BCUT2D eigenvalue weighted by Crippen LogP contribution is -2.38. The Bertz CT molecular complexity index is 672. The van der Waals surface area contributed by atoms with Crippen LogP contribution in [0.25, 0.3) is 0 Å². The summed E-state index contributed by atoms with van der Waals surface area (Å²) < 4.78 is 23.5. The highest BCUT2D eigenvalue weighted by atomic mass is 79.9. The largest absolute Gasteiger partial charge is 0.492 e. The van der Waals surface area contributed by atoms with Crippen molar-refractivity contribution in [3.63, 3.8) is 0 Å². The number of hydrogen-bond donors (Lipinski definition) is 2. The van der Waals surface area contributed by atoms with E-state index in [1.807, 2.05) is 0 Å². The second-order valence-electron chi connectivity index (χ2n) is 4.44. The number of amides is 2. The molecule has 1 aromatic carbocycles. The molecule has 0 saturated carbocycles. The van der Waals surface area contributed by atoms with E-state index >= 15 is 0 Å².